The third-order valence-electron chi connectivity index (χ3n) is 2.88. The van der Waals surface area contributed by atoms with Crippen LogP contribution in [-0.4, -0.2) is 16.5 Å². The van der Waals surface area contributed by atoms with Gasteiger partial charge in [-0.15, -0.1) is 0 Å². The van der Waals surface area contributed by atoms with Crippen molar-refractivity contribution >= 4 is 28.8 Å². The van der Waals surface area contributed by atoms with Gasteiger partial charge in [0.25, 0.3) is 0 Å². The normalized spacial score (nSPS) is 10.9. The van der Waals surface area contributed by atoms with Gasteiger partial charge < -0.3 is 4.74 Å². The number of methoxy groups -OCH3 is 1. The van der Waals surface area contributed by atoms with Crippen LogP contribution in [0.15, 0.2) is 42.6 Å². The van der Waals surface area contributed by atoms with Gasteiger partial charge in [-0.05, 0) is 24.3 Å². The zero-order chi connectivity index (χ0) is 13.4. The van der Waals surface area contributed by atoms with Crippen LogP contribution in [0.2, 0.25) is 10.0 Å². The van der Waals surface area contributed by atoms with E-state index in [4.69, 9.17) is 27.9 Å². The quantitative estimate of drug-likeness (QED) is 0.703. The summed E-state index contributed by atoms with van der Waals surface area (Å²) in [5, 5.41) is 1.16. The molecule has 0 radical (unpaired) electrons. The molecule has 3 aromatic rings. The predicted molar refractivity (Wildman–Crippen MR) is 77.2 cm³/mol. The Labute approximate surface area is 120 Å². The van der Waals surface area contributed by atoms with Crippen molar-refractivity contribution in [1.29, 1.82) is 0 Å². The smallest absolute Gasteiger partial charge is 0.198 e. The maximum absolute atomic E-state index is 6.20. The molecule has 19 heavy (non-hydrogen) atoms. The molecule has 96 valence electrons. The molecule has 0 N–H and O–H groups in total. The first kappa shape index (κ1) is 12.3. The summed E-state index contributed by atoms with van der Waals surface area (Å²) in [6, 6.07) is 11.1. The lowest BCUT2D eigenvalue weighted by Crippen LogP contribution is -1.91. The van der Waals surface area contributed by atoms with Crippen LogP contribution in [0.1, 0.15) is 0 Å². The van der Waals surface area contributed by atoms with Crippen LogP contribution in [0.3, 0.4) is 0 Å². The number of hydrogen-bond acceptors (Lipinski definition) is 2. The Morgan fingerprint density at radius 2 is 1.74 bits per heavy atom. The van der Waals surface area contributed by atoms with Gasteiger partial charge in [-0.25, -0.2) is 4.98 Å². The second-order valence-electron chi connectivity index (χ2n) is 4.02. The zero-order valence-electron chi connectivity index (χ0n) is 10.1. The summed E-state index contributed by atoms with van der Waals surface area (Å²) in [6.45, 7) is 0. The third kappa shape index (κ3) is 2.05. The lowest BCUT2D eigenvalue weighted by atomic mass is 10.2. The van der Waals surface area contributed by atoms with Gasteiger partial charge in [0.1, 0.15) is 5.65 Å². The molecule has 0 atom stereocenters. The number of hydrogen-bond donors (Lipinski definition) is 0. The Morgan fingerprint density at radius 3 is 2.42 bits per heavy atom. The van der Waals surface area contributed by atoms with Crippen molar-refractivity contribution in [1.82, 2.24) is 9.38 Å². The third-order valence-corrected chi connectivity index (χ3v) is 3.51. The van der Waals surface area contributed by atoms with Crippen LogP contribution in [0, 0.1) is 0 Å². The first-order chi connectivity index (χ1) is 9.20. The molecule has 0 amide bonds. The average Bonchev–Trinajstić information content (AvgIpc) is 2.81. The van der Waals surface area contributed by atoms with Gasteiger partial charge in [-0.2, -0.15) is 0 Å². The molecular formula is C14H10Cl2N2O. The fourth-order valence-electron chi connectivity index (χ4n) is 2.01. The van der Waals surface area contributed by atoms with Crippen molar-refractivity contribution in [3.63, 3.8) is 0 Å². The summed E-state index contributed by atoms with van der Waals surface area (Å²) in [5.41, 5.74) is 2.24. The summed E-state index contributed by atoms with van der Waals surface area (Å²) in [5.74, 6) is 0.708. The van der Waals surface area contributed by atoms with Gasteiger partial charge in [0.2, 0.25) is 0 Å². The minimum absolute atomic E-state index is 0.579. The number of nitrogens with zero attached hydrogens (tertiary/aromatic N) is 2. The second kappa shape index (κ2) is 4.76. The largest absolute Gasteiger partial charge is 0.482 e. The Kier molecular flexibility index (Phi) is 3.09. The van der Waals surface area contributed by atoms with Gasteiger partial charge in [0.15, 0.2) is 5.88 Å². The molecule has 0 aliphatic heterocycles. The lowest BCUT2D eigenvalue weighted by Gasteiger charge is -2.02. The number of imidazole rings is 1. The maximum Gasteiger partial charge on any atom is 0.198 e. The highest BCUT2D eigenvalue weighted by molar-refractivity contribution is 6.39. The molecule has 2 heterocycles. The van der Waals surface area contributed by atoms with E-state index in [2.05, 4.69) is 4.98 Å². The van der Waals surface area contributed by atoms with Crippen LogP contribution in [0.5, 0.6) is 5.88 Å². The highest BCUT2D eigenvalue weighted by Gasteiger charge is 2.13. The number of aromatic nitrogens is 2. The molecule has 2 aromatic heterocycles. The van der Waals surface area contributed by atoms with Crippen molar-refractivity contribution in [3.8, 4) is 17.1 Å². The SMILES string of the molecule is COc1cccc2nc(-c3c(Cl)cccc3Cl)cn12. The summed E-state index contributed by atoms with van der Waals surface area (Å²) in [7, 11) is 1.62. The molecule has 1 aromatic carbocycles. The van der Waals surface area contributed by atoms with Crippen LogP contribution < -0.4 is 4.74 Å². The second-order valence-corrected chi connectivity index (χ2v) is 4.83. The van der Waals surface area contributed by atoms with Crippen LogP contribution in [-0.2, 0) is 0 Å². The highest BCUT2D eigenvalue weighted by Crippen LogP contribution is 2.34. The van der Waals surface area contributed by atoms with Crippen molar-refractivity contribution in [2.75, 3.05) is 7.11 Å². The molecule has 0 spiro atoms. The summed E-state index contributed by atoms with van der Waals surface area (Å²) < 4.78 is 7.15. The molecule has 0 aliphatic rings. The Bertz CT molecular complexity index is 732. The molecule has 0 saturated carbocycles. The van der Waals surface area contributed by atoms with Crippen molar-refractivity contribution in [3.05, 3.63) is 52.6 Å². The summed E-state index contributed by atoms with van der Waals surface area (Å²) in [6.07, 6.45) is 1.86. The monoisotopic (exact) mass is 292 g/mol. The molecule has 0 saturated heterocycles. The minimum Gasteiger partial charge on any atom is -0.482 e. The van der Waals surface area contributed by atoms with Crippen molar-refractivity contribution in [2.24, 2.45) is 0 Å². The fourth-order valence-corrected chi connectivity index (χ4v) is 2.61. The fraction of sp³-hybridized carbons (Fsp3) is 0.0714. The van der Waals surface area contributed by atoms with E-state index in [1.54, 1.807) is 19.2 Å². The number of halogens is 2. The molecule has 0 unspecified atom stereocenters. The number of rotatable bonds is 2. The molecule has 0 bridgehead atoms. The molecule has 0 aliphatic carbocycles. The number of benzene rings is 1. The lowest BCUT2D eigenvalue weighted by molar-refractivity contribution is 0.392. The van der Waals surface area contributed by atoms with E-state index in [0.29, 0.717) is 15.9 Å². The van der Waals surface area contributed by atoms with E-state index in [9.17, 15) is 0 Å². The van der Waals surface area contributed by atoms with Gasteiger partial charge in [0.05, 0.1) is 22.8 Å². The average molecular weight is 293 g/mol. The van der Waals surface area contributed by atoms with Gasteiger partial charge in [-0.1, -0.05) is 35.3 Å². The van der Waals surface area contributed by atoms with Crippen molar-refractivity contribution in [2.45, 2.75) is 0 Å². The predicted octanol–water partition coefficient (Wildman–Crippen LogP) is 4.32. The van der Waals surface area contributed by atoms with Gasteiger partial charge in [-0.3, -0.25) is 4.40 Å². The van der Waals surface area contributed by atoms with Crippen LogP contribution in [0.4, 0.5) is 0 Å². The molecule has 3 nitrogen and oxygen atoms in total. The standard InChI is InChI=1S/C14H10Cl2N2O/c1-19-13-7-3-6-12-17-11(8-18(12)13)14-9(15)4-2-5-10(14)16/h2-8H,1H3. The molecule has 0 fully saturated rings. The molecular weight excluding hydrogens is 283 g/mol. The van der Waals surface area contributed by atoms with E-state index < -0.39 is 0 Å². The van der Waals surface area contributed by atoms with Crippen LogP contribution in [0.25, 0.3) is 16.9 Å². The maximum atomic E-state index is 6.20. The zero-order valence-corrected chi connectivity index (χ0v) is 11.6. The number of ether oxygens (including phenoxy) is 1. The van der Waals surface area contributed by atoms with Gasteiger partial charge in [0, 0.05) is 11.8 Å². The Morgan fingerprint density at radius 1 is 1.05 bits per heavy atom. The number of fused-ring (bicyclic) bond motifs is 1. The van der Waals surface area contributed by atoms with E-state index in [-0.39, 0.29) is 0 Å². The minimum atomic E-state index is 0.579. The van der Waals surface area contributed by atoms with Crippen LogP contribution >= 0.6 is 23.2 Å². The topological polar surface area (TPSA) is 26.5 Å². The first-order valence-corrected chi connectivity index (χ1v) is 6.43. The van der Waals surface area contributed by atoms with E-state index in [1.807, 2.05) is 34.9 Å². The van der Waals surface area contributed by atoms with Crippen molar-refractivity contribution < 1.29 is 4.74 Å². The highest BCUT2D eigenvalue weighted by atomic mass is 35.5. The molecule has 5 heteroatoms. The van der Waals surface area contributed by atoms with Gasteiger partial charge >= 0.3 is 0 Å². The summed E-state index contributed by atoms with van der Waals surface area (Å²) >= 11 is 12.4. The Balaban J connectivity index is 2.27. The van der Waals surface area contributed by atoms with E-state index >= 15 is 0 Å². The first-order valence-electron chi connectivity index (χ1n) is 5.67. The number of pyridine rings is 1. The molecule has 3 rings (SSSR count). The Hall–Kier alpha value is -1.71. The van der Waals surface area contributed by atoms with E-state index in [1.165, 1.54) is 0 Å². The summed E-state index contributed by atoms with van der Waals surface area (Å²) in [4.78, 5) is 4.53. The van der Waals surface area contributed by atoms with E-state index in [0.717, 1.165) is 16.9 Å².